The average molecular weight is 235 g/mol. The fraction of sp³-hybridized carbons (Fsp3) is 0.417. The van der Waals surface area contributed by atoms with Crippen molar-refractivity contribution in [3.63, 3.8) is 0 Å². The lowest BCUT2D eigenvalue weighted by Crippen LogP contribution is -1.97. The standard InChI is InChI=1S/C12H17N3S/c1-9-11(14-15(2)12(9)13)7-3-5-10-6-4-8-16-10/h4,6,8H,3,5,7,13H2,1-2H3. The average Bonchev–Trinajstić information content (AvgIpc) is 2.85. The van der Waals surface area contributed by atoms with Crippen molar-refractivity contribution >= 4 is 17.2 Å². The quantitative estimate of drug-likeness (QED) is 0.885. The minimum absolute atomic E-state index is 0.783. The number of hydrogen-bond donors (Lipinski definition) is 1. The Morgan fingerprint density at radius 2 is 2.25 bits per heavy atom. The van der Waals surface area contributed by atoms with Crippen molar-refractivity contribution in [2.45, 2.75) is 26.2 Å². The maximum absolute atomic E-state index is 5.87. The van der Waals surface area contributed by atoms with E-state index in [9.17, 15) is 0 Å². The van der Waals surface area contributed by atoms with Crippen LogP contribution >= 0.6 is 11.3 Å². The van der Waals surface area contributed by atoms with Gasteiger partial charge in [-0.2, -0.15) is 5.10 Å². The van der Waals surface area contributed by atoms with E-state index in [0.29, 0.717) is 0 Å². The van der Waals surface area contributed by atoms with Gasteiger partial charge in [0.05, 0.1) is 5.69 Å². The Bertz CT molecular complexity index is 457. The molecule has 2 heterocycles. The fourth-order valence-electron chi connectivity index (χ4n) is 1.82. The van der Waals surface area contributed by atoms with E-state index >= 15 is 0 Å². The zero-order valence-electron chi connectivity index (χ0n) is 9.73. The van der Waals surface area contributed by atoms with Gasteiger partial charge in [-0.25, -0.2) is 0 Å². The molecule has 2 rings (SSSR count). The molecule has 0 aliphatic rings. The molecule has 0 amide bonds. The van der Waals surface area contributed by atoms with Crippen molar-refractivity contribution in [3.05, 3.63) is 33.6 Å². The number of nitrogen functional groups attached to an aromatic ring is 1. The fourth-order valence-corrected chi connectivity index (χ4v) is 2.57. The highest BCUT2D eigenvalue weighted by molar-refractivity contribution is 7.09. The number of rotatable bonds is 4. The van der Waals surface area contributed by atoms with Crippen molar-refractivity contribution in [3.8, 4) is 0 Å². The van der Waals surface area contributed by atoms with Gasteiger partial charge in [-0.15, -0.1) is 11.3 Å². The van der Waals surface area contributed by atoms with Gasteiger partial charge in [-0.1, -0.05) is 6.07 Å². The van der Waals surface area contributed by atoms with E-state index in [1.807, 2.05) is 25.3 Å². The van der Waals surface area contributed by atoms with Crippen LogP contribution in [-0.2, 0) is 19.9 Å². The van der Waals surface area contributed by atoms with Crippen molar-refractivity contribution < 1.29 is 0 Å². The molecule has 0 aliphatic carbocycles. The molecule has 0 saturated heterocycles. The summed E-state index contributed by atoms with van der Waals surface area (Å²) in [5.74, 6) is 0.783. The third-order valence-electron chi connectivity index (χ3n) is 2.85. The smallest absolute Gasteiger partial charge is 0.124 e. The summed E-state index contributed by atoms with van der Waals surface area (Å²) in [6, 6.07) is 4.29. The summed E-state index contributed by atoms with van der Waals surface area (Å²) >= 11 is 1.82. The molecule has 0 spiro atoms. The number of hydrogen-bond acceptors (Lipinski definition) is 3. The molecule has 0 atom stereocenters. The zero-order chi connectivity index (χ0) is 11.5. The second-order valence-corrected chi connectivity index (χ2v) is 5.05. The van der Waals surface area contributed by atoms with Gasteiger partial charge in [-0.3, -0.25) is 4.68 Å². The predicted octanol–water partition coefficient (Wildman–Crippen LogP) is 2.55. The summed E-state index contributed by atoms with van der Waals surface area (Å²) < 4.78 is 1.76. The summed E-state index contributed by atoms with van der Waals surface area (Å²) in [6.45, 7) is 2.04. The normalized spacial score (nSPS) is 10.9. The van der Waals surface area contributed by atoms with E-state index in [0.717, 1.165) is 36.3 Å². The lowest BCUT2D eigenvalue weighted by Gasteiger charge is -1.97. The van der Waals surface area contributed by atoms with Crippen molar-refractivity contribution in [1.29, 1.82) is 0 Å². The molecule has 0 aromatic carbocycles. The van der Waals surface area contributed by atoms with Crippen molar-refractivity contribution in [2.75, 3.05) is 5.73 Å². The molecule has 0 aliphatic heterocycles. The van der Waals surface area contributed by atoms with E-state index in [2.05, 4.69) is 22.6 Å². The number of nitrogens with zero attached hydrogens (tertiary/aromatic N) is 2. The topological polar surface area (TPSA) is 43.8 Å². The Labute approximate surface area is 99.9 Å². The predicted molar refractivity (Wildman–Crippen MR) is 68.7 cm³/mol. The number of nitrogens with two attached hydrogens (primary N) is 1. The minimum Gasteiger partial charge on any atom is -0.384 e. The van der Waals surface area contributed by atoms with E-state index in [4.69, 9.17) is 5.73 Å². The van der Waals surface area contributed by atoms with Gasteiger partial charge in [0.25, 0.3) is 0 Å². The summed E-state index contributed by atoms with van der Waals surface area (Å²) in [4.78, 5) is 1.45. The number of anilines is 1. The highest BCUT2D eigenvalue weighted by Gasteiger charge is 2.08. The molecule has 0 bridgehead atoms. The van der Waals surface area contributed by atoms with Crippen LogP contribution in [0.3, 0.4) is 0 Å². The van der Waals surface area contributed by atoms with Crippen LogP contribution in [0.1, 0.15) is 22.6 Å². The van der Waals surface area contributed by atoms with E-state index < -0.39 is 0 Å². The third kappa shape index (κ3) is 2.27. The Morgan fingerprint density at radius 3 is 2.81 bits per heavy atom. The molecular weight excluding hydrogens is 218 g/mol. The zero-order valence-corrected chi connectivity index (χ0v) is 10.5. The lowest BCUT2D eigenvalue weighted by atomic mass is 10.1. The molecule has 2 aromatic heterocycles. The van der Waals surface area contributed by atoms with Gasteiger partial charge >= 0.3 is 0 Å². The number of thiophene rings is 1. The molecule has 0 radical (unpaired) electrons. The Hall–Kier alpha value is -1.29. The van der Waals surface area contributed by atoms with E-state index in [1.165, 1.54) is 4.88 Å². The van der Waals surface area contributed by atoms with Crippen LogP contribution in [0.15, 0.2) is 17.5 Å². The summed E-state index contributed by atoms with van der Waals surface area (Å²) in [7, 11) is 1.89. The first kappa shape index (κ1) is 11.2. The Balaban J connectivity index is 1.92. The first-order chi connectivity index (χ1) is 7.68. The van der Waals surface area contributed by atoms with Gasteiger partial charge in [0.2, 0.25) is 0 Å². The van der Waals surface area contributed by atoms with Gasteiger partial charge in [-0.05, 0) is 37.6 Å². The van der Waals surface area contributed by atoms with E-state index in [1.54, 1.807) is 4.68 Å². The summed E-state index contributed by atoms with van der Waals surface area (Å²) in [6.07, 6.45) is 3.28. The molecule has 2 aromatic rings. The lowest BCUT2D eigenvalue weighted by molar-refractivity contribution is 0.727. The Kier molecular flexibility index (Phi) is 3.29. The number of aryl methyl sites for hydroxylation is 3. The number of aromatic nitrogens is 2. The highest BCUT2D eigenvalue weighted by Crippen LogP contribution is 2.17. The van der Waals surface area contributed by atoms with Gasteiger partial charge in [0.1, 0.15) is 5.82 Å². The molecule has 2 N–H and O–H groups in total. The Morgan fingerprint density at radius 1 is 1.44 bits per heavy atom. The molecule has 0 unspecified atom stereocenters. The third-order valence-corrected chi connectivity index (χ3v) is 3.79. The largest absolute Gasteiger partial charge is 0.384 e. The maximum Gasteiger partial charge on any atom is 0.124 e. The second-order valence-electron chi connectivity index (χ2n) is 4.01. The monoisotopic (exact) mass is 235 g/mol. The van der Waals surface area contributed by atoms with Crippen LogP contribution in [0.5, 0.6) is 0 Å². The van der Waals surface area contributed by atoms with Crippen LogP contribution in [-0.4, -0.2) is 9.78 Å². The highest BCUT2D eigenvalue weighted by atomic mass is 32.1. The van der Waals surface area contributed by atoms with Crippen LogP contribution in [0.4, 0.5) is 5.82 Å². The SMILES string of the molecule is Cc1c(CCCc2cccs2)nn(C)c1N. The molecule has 4 heteroatoms. The van der Waals surface area contributed by atoms with E-state index in [-0.39, 0.29) is 0 Å². The molecular formula is C12H17N3S. The molecule has 16 heavy (non-hydrogen) atoms. The van der Waals surface area contributed by atoms with Crippen LogP contribution in [0, 0.1) is 6.92 Å². The summed E-state index contributed by atoms with van der Waals surface area (Å²) in [5.41, 5.74) is 8.14. The molecule has 0 fully saturated rings. The first-order valence-electron chi connectivity index (χ1n) is 5.49. The molecule has 3 nitrogen and oxygen atoms in total. The molecule has 0 saturated carbocycles. The van der Waals surface area contributed by atoms with Gasteiger partial charge in [0, 0.05) is 17.5 Å². The van der Waals surface area contributed by atoms with Crippen LogP contribution < -0.4 is 5.73 Å². The van der Waals surface area contributed by atoms with Crippen molar-refractivity contribution in [2.24, 2.45) is 7.05 Å². The minimum atomic E-state index is 0.783. The molecule has 86 valence electrons. The van der Waals surface area contributed by atoms with Crippen LogP contribution in [0.2, 0.25) is 0 Å². The van der Waals surface area contributed by atoms with Crippen molar-refractivity contribution in [1.82, 2.24) is 9.78 Å². The maximum atomic E-state index is 5.87. The van der Waals surface area contributed by atoms with Crippen LogP contribution in [0.25, 0.3) is 0 Å². The van der Waals surface area contributed by atoms with Gasteiger partial charge < -0.3 is 5.73 Å². The first-order valence-corrected chi connectivity index (χ1v) is 6.37. The second kappa shape index (κ2) is 4.70. The summed E-state index contributed by atoms with van der Waals surface area (Å²) in [5, 5.41) is 6.55. The van der Waals surface area contributed by atoms with Gasteiger partial charge in [0.15, 0.2) is 0 Å².